The Morgan fingerprint density at radius 3 is 2.55 bits per heavy atom. The number of urea groups is 1. The first-order chi connectivity index (χ1) is 14.8. The van der Waals surface area contributed by atoms with Crippen molar-refractivity contribution in [3.63, 3.8) is 0 Å². The van der Waals surface area contributed by atoms with Gasteiger partial charge in [0.15, 0.2) is 11.9 Å². The van der Waals surface area contributed by atoms with Gasteiger partial charge in [-0.3, -0.25) is 19.3 Å². The molecule has 2 N–H and O–H groups in total. The number of hydrogen-bond acceptors (Lipinski definition) is 6. The molecule has 2 aromatic rings. The van der Waals surface area contributed by atoms with Crippen molar-refractivity contribution >= 4 is 35.3 Å². The first-order valence-electron chi connectivity index (χ1n) is 9.55. The maximum absolute atomic E-state index is 12.5. The summed E-state index contributed by atoms with van der Waals surface area (Å²) in [6.07, 6.45) is -1.12. The zero-order valence-corrected chi connectivity index (χ0v) is 17.0. The lowest BCUT2D eigenvalue weighted by molar-refractivity contribution is -0.125. The van der Waals surface area contributed by atoms with E-state index < -0.39 is 24.0 Å². The van der Waals surface area contributed by atoms with E-state index in [0.717, 1.165) is 4.90 Å². The summed E-state index contributed by atoms with van der Waals surface area (Å²) in [5, 5.41) is 5.02. The molecule has 0 aromatic heterocycles. The number of anilines is 1. The molecule has 160 valence electrons. The third-order valence-corrected chi connectivity index (χ3v) is 4.66. The number of rotatable bonds is 7. The minimum absolute atomic E-state index is 0.0175. The van der Waals surface area contributed by atoms with Gasteiger partial charge >= 0.3 is 12.0 Å². The van der Waals surface area contributed by atoms with E-state index in [2.05, 4.69) is 10.6 Å². The Hall–Kier alpha value is -4.01. The average molecular weight is 423 g/mol. The van der Waals surface area contributed by atoms with E-state index in [-0.39, 0.29) is 30.3 Å². The molecule has 0 saturated carbocycles. The number of imide groups is 1. The molecular formula is C22H21N3O6. The van der Waals surface area contributed by atoms with Crippen LogP contribution in [-0.2, 0) is 20.9 Å². The predicted molar refractivity (Wildman–Crippen MR) is 110 cm³/mol. The van der Waals surface area contributed by atoms with Crippen molar-refractivity contribution < 1.29 is 28.7 Å². The first kappa shape index (κ1) is 21.7. The minimum Gasteiger partial charge on any atom is -0.449 e. The van der Waals surface area contributed by atoms with Crippen LogP contribution in [0.2, 0.25) is 0 Å². The maximum Gasteiger partial charge on any atom is 0.338 e. The summed E-state index contributed by atoms with van der Waals surface area (Å²) in [6.45, 7) is 2.77. The lowest BCUT2D eigenvalue weighted by Gasteiger charge is -2.16. The molecule has 0 spiro atoms. The van der Waals surface area contributed by atoms with Crippen LogP contribution in [0, 0.1) is 0 Å². The highest BCUT2D eigenvalue weighted by atomic mass is 16.5. The topological polar surface area (TPSA) is 122 Å². The Morgan fingerprint density at radius 1 is 1.13 bits per heavy atom. The number of carbonyl (C=O) groups excluding carboxylic acids is 5. The smallest absolute Gasteiger partial charge is 0.338 e. The Labute approximate surface area is 178 Å². The van der Waals surface area contributed by atoms with Crippen LogP contribution in [0.5, 0.6) is 0 Å². The fourth-order valence-electron chi connectivity index (χ4n) is 3.01. The number of ether oxygens (including phenoxy) is 1. The lowest BCUT2D eigenvalue weighted by Crippen LogP contribution is -2.31. The number of ketones is 1. The van der Waals surface area contributed by atoms with E-state index >= 15 is 0 Å². The van der Waals surface area contributed by atoms with Crippen LogP contribution in [0.15, 0.2) is 48.5 Å². The van der Waals surface area contributed by atoms with Gasteiger partial charge in [0.05, 0.1) is 24.3 Å². The van der Waals surface area contributed by atoms with Crippen LogP contribution in [0.25, 0.3) is 0 Å². The van der Waals surface area contributed by atoms with Crippen LogP contribution in [0.1, 0.15) is 40.1 Å². The van der Waals surface area contributed by atoms with Gasteiger partial charge in [-0.25, -0.2) is 9.59 Å². The molecule has 3 rings (SSSR count). The summed E-state index contributed by atoms with van der Waals surface area (Å²) in [4.78, 5) is 61.1. The number of nitrogens with one attached hydrogen (secondary N) is 2. The summed E-state index contributed by atoms with van der Waals surface area (Å²) in [5.74, 6) is -1.88. The van der Waals surface area contributed by atoms with Gasteiger partial charge in [0.2, 0.25) is 5.91 Å². The highest BCUT2D eigenvalue weighted by Gasteiger charge is 2.28. The van der Waals surface area contributed by atoms with E-state index in [1.807, 2.05) is 0 Å². The number of benzene rings is 2. The number of amides is 4. The maximum atomic E-state index is 12.5. The van der Waals surface area contributed by atoms with E-state index in [1.165, 1.54) is 26.0 Å². The standard InChI is InChI=1S/C22H21N3O6/c1-13(26)17-8-3-4-9-18(17)24-20(28)14(2)31-21(29)16-7-5-6-15(10-16)12-25-19(27)11-23-22(25)30/h3-10,14H,11-12H2,1-2H3,(H,23,30)(H,24,28). The number of esters is 1. The highest BCUT2D eigenvalue weighted by molar-refractivity contribution is 6.05. The molecule has 0 aliphatic carbocycles. The van der Waals surface area contributed by atoms with Crippen LogP contribution in [0.3, 0.4) is 0 Å². The number of Topliss-reactive ketones (excluding diaryl/α,β-unsaturated/α-hetero) is 1. The van der Waals surface area contributed by atoms with Crippen LogP contribution < -0.4 is 10.6 Å². The second-order valence-corrected chi connectivity index (χ2v) is 6.98. The summed E-state index contributed by atoms with van der Waals surface area (Å²) in [6, 6.07) is 12.3. The molecule has 0 radical (unpaired) electrons. The van der Waals surface area contributed by atoms with Gasteiger partial charge in [0, 0.05) is 5.56 Å². The van der Waals surface area contributed by atoms with E-state index in [9.17, 15) is 24.0 Å². The van der Waals surface area contributed by atoms with Gasteiger partial charge in [0.25, 0.3) is 5.91 Å². The van der Waals surface area contributed by atoms with Crippen molar-refractivity contribution in [2.75, 3.05) is 11.9 Å². The lowest BCUT2D eigenvalue weighted by atomic mass is 10.1. The number of hydrogen-bond donors (Lipinski definition) is 2. The highest BCUT2D eigenvalue weighted by Crippen LogP contribution is 2.17. The van der Waals surface area contributed by atoms with E-state index in [1.54, 1.807) is 36.4 Å². The van der Waals surface area contributed by atoms with E-state index in [4.69, 9.17) is 4.74 Å². The molecule has 1 aliphatic rings. The largest absolute Gasteiger partial charge is 0.449 e. The molecule has 1 unspecified atom stereocenters. The molecule has 1 heterocycles. The average Bonchev–Trinajstić information content (AvgIpc) is 3.06. The third-order valence-electron chi connectivity index (χ3n) is 4.66. The number of nitrogens with zero attached hydrogens (tertiary/aromatic N) is 1. The predicted octanol–water partition coefficient (Wildman–Crippen LogP) is 2.12. The van der Waals surface area contributed by atoms with Crippen molar-refractivity contribution in [3.05, 3.63) is 65.2 Å². The molecular weight excluding hydrogens is 402 g/mol. The fourth-order valence-corrected chi connectivity index (χ4v) is 3.01. The molecule has 9 nitrogen and oxygen atoms in total. The monoisotopic (exact) mass is 423 g/mol. The van der Waals surface area contributed by atoms with Crippen LogP contribution in [0.4, 0.5) is 10.5 Å². The number of carbonyl (C=O) groups is 5. The molecule has 2 aromatic carbocycles. The molecule has 1 aliphatic heterocycles. The molecule has 1 atom stereocenters. The van der Waals surface area contributed by atoms with Gasteiger partial charge in [-0.15, -0.1) is 0 Å². The fraction of sp³-hybridized carbons (Fsp3) is 0.227. The minimum atomic E-state index is -1.12. The van der Waals surface area contributed by atoms with Gasteiger partial charge in [-0.05, 0) is 43.7 Å². The molecule has 1 saturated heterocycles. The number of para-hydroxylation sites is 1. The quantitative estimate of drug-likeness (QED) is 0.400. The van der Waals surface area contributed by atoms with E-state index in [0.29, 0.717) is 16.8 Å². The second kappa shape index (κ2) is 9.21. The van der Waals surface area contributed by atoms with Gasteiger partial charge < -0.3 is 15.4 Å². The zero-order chi connectivity index (χ0) is 22.5. The van der Waals surface area contributed by atoms with Gasteiger partial charge in [-0.1, -0.05) is 24.3 Å². The summed E-state index contributed by atoms with van der Waals surface area (Å²) in [7, 11) is 0. The molecule has 31 heavy (non-hydrogen) atoms. The zero-order valence-electron chi connectivity index (χ0n) is 17.0. The van der Waals surface area contributed by atoms with Gasteiger partial charge in [-0.2, -0.15) is 0 Å². The van der Waals surface area contributed by atoms with Crippen molar-refractivity contribution in [1.29, 1.82) is 0 Å². The van der Waals surface area contributed by atoms with Crippen molar-refractivity contribution in [2.24, 2.45) is 0 Å². The Balaban J connectivity index is 1.64. The van der Waals surface area contributed by atoms with Crippen molar-refractivity contribution in [3.8, 4) is 0 Å². The second-order valence-electron chi connectivity index (χ2n) is 6.98. The Morgan fingerprint density at radius 2 is 1.87 bits per heavy atom. The molecule has 9 heteroatoms. The SMILES string of the molecule is CC(=O)c1ccccc1NC(=O)C(C)OC(=O)c1cccc(CN2C(=O)CNC2=O)c1. The summed E-state index contributed by atoms with van der Waals surface area (Å²) < 4.78 is 5.24. The Kier molecular flexibility index (Phi) is 6.44. The molecule has 1 fully saturated rings. The summed E-state index contributed by atoms with van der Waals surface area (Å²) >= 11 is 0. The van der Waals surface area contributed by atoms with Crippen molar-refractivity contribution in [1.82, 2.24) is 10.2 Å². The van der Waals surface area contributed by atoms with Gasteiger partial charge in [0.1, 0.15) is 0 Å². The Bertz CT molecular complexity index is 1050. The van der Waals surface area contributed by atoms with Crippen molar-refractivity contribution in [2.45, 2.75) is 26.5 Å². The van der Waals surface area contributed by atoms with Crippen LogP contribution >= 0.6 is 0 Å². The summed E-state index contributed by atoms with van der Waals surface area (Å²) in [5.41, 5.74) is 1.42. The first-order valence-corrected chi connectivity index (χ1v) is 9.55. The molecule has 0 bridgehead atoms. The normalized spacial score (nSPS) is 14.1. The van der Waals surface area contributed by atoms with Crippen LogP contribution in [-0.4, -0.2) is 47.1 Å². The molecule has 4 amide bonds. The third kappa shape index (κ3) is 5.13.